The molecular weight excluding hydrogens is 438 g/mol. The third-order valence-corrected chi connectivity index (χ3v) is 8.35. The van der Waals surface area contributed by atoms with E-state index in [1.165, 1.54) is 75.6 Å². The van der Waals surface area contributed by atoms with Gasteiger partial charge in [0.05, 0.1) is 0 Å². The fraction of sp³-hybridized carbons (Fsp3) is 0.692. The first-order valence-corrected chi connectivity index (χ1v) is 12.5. The minimum atomic E-state index is -2.27. The lowest BCUT2D eigenvalue weighted by molar-refractivity contribution is -0.165. The zero-order chi connectivity index (χ0) is 25.0. The third-order valence-electron chi connectivity index (χ3n) is 8.35. The van der Waals surface area contributed by atoms with E-state index in [0.717, 1.165) is 17.9 Å². The molecule has 2 bridgehead atoms. The fourth-order valence-electron chi connectivity index (χ4n) is 6.21. The number of benzene rings is 1. The van der Waals surface area contributed by atoms with E-state index >= 15 is 0 Å². The predicted molar refractivity (Wildman–Crippen MR) is 127 cm³/mol. The summed E-state index contributed by atoms with van der Waals surface area (Å²) >= 11 is 0. The smallest absolute Gasteiger partial charge is 0.335 e. The number of fused-ring (bicyclic) bond motifs is 1. The summed E-state index contributed by atoms with van der Waals surface area (Å²) in [5, 5.41) is 42.6. The normalized spacial score (nSPS) is 28.4. The lowest BCUT2D eigenvalue weighted by atomic mass is 9.52. The van der Waals surface area contributed by atoms with E-state index in [2.05, 4.69) is 30.9 Å². The second kappa shape index (κ2) is 11.1. The van der Waals surface area contributed by atoms with Crippen molar-refractivity contribution >= 4 is 11.9 Å². The highest BCUT2D eigenvalue weighted by Gasteiger charge is 2.53. The SMILES string of the molecule is CCC(C)CCN1CC[C@]23CCCC[C@H]2[C@@H]1Cc1ccc(O)cc13.O=C(O)[C@H](O)[C@@H](O)C(=O)O. The van der Waals surface area contributed by atoms with Crippen LogP contribution in [0.3, 0.4) is 0 Å². The molecule has 34 heavy (non-hydrogen) atoms. The summed E-state index contributed by atoms with van der Waals surface area (Å²) in [4.78, 5) is 22.4. The van der Waals surface area contributed by atoms with Crippen LogP contribution in [0.15, 0.2) is 18.2 Å². The van der Waals surface area contributed by atoms with E-state index in [1.807, 2.05) is 6.07 Å². The van der Waals surface area contributed by atoms with Gasteiger partial charge >= 0.3 is 11.9 Å². The number of aliphatic carboxylic acids is 2. The van der Waals surface area contributed by atoms with E-state index in [9.17, 15) is 14.7 Å². The van der Waals surface area contributed by atoms with Crippen molar-refractivity contribution in [2.75, 3.05) is 13.1 Å². The number of aliphatic hydroxyl groups excluding tert-OH is 2. The van der Waals surface area contributed by atoms with Crippen LogP contribution in [0.2, 0.25) is 0 Å². The Balaban J connectivity index is 0.000000277. The minimum absolute atomic E-state index is 0.363. The standard InChI is InChI=1S/C22H33NO.C4H6O6/c1-3-16(2)9-12-23-13-11-22-10-5-4-6-19(22)21(23)14-17-7-8-18(24)15-20(17)22;5-1(3(7)8)2(6)4(9)10/h7-8,15-16,19,21,24H,3-6,9-14H2,1-2H3;1-2,5-6H,(H,7,8)(H,9,10)/t16?,19-,21-,22+;1-,2-/m01/s1. The summed E-state index contributed by atoms with van der Waals surface area (Å²) in [6, 6.07) is 6.96. The monoisotopic (exact) mass is 477 g/mol. The average Bonchev–Trinajstić information content (AvgIpc) is 2.83. The molecule has 1 unspecified atom stereocenters. The summed E-state index contributed by atoms with van der Waals surface area (Å²) < 4.78 is 0. The van der Waals surface area contributed by atoms with Crippen molar-refractivity contribution in [3.05, 3.63) is 29.3 Å². The van der Waals surface area contributed by atoms with E-state index in [0.29, 0.717) is 11.2 Å². The van der Waals surface area contributed by atoms with Gasteiger partial charge in [-0.3, -0.25) is 4.90 Å². The number of carboxylic acid groups (broad SMARTS) is 2. The highest BCUT2D eigenvalue weighted by Crippen LogP contribution is 2.56. The molecule has 1 aliphatic heterocycles. The van der Waals surface area contributed by atoms with Crippen molar-refractivity contribution in [1.29, 1.82) is 0 Å². The Hall–Kier alpha value is -2.16. The van der Waals surface area contributed by atoms with Gasteiger partial charge in [-0.1, -0.05) is 39.2 Å². The number of likely N-dealkylation sites (tertiary alicyclic amines) is 1. The van der Waals surface area contributed by atoms with Gasteiger partial charge in [-0.05, 0) is 80.3 Å². The summed E-state index contributed by atoms with van der Waals surface area (Å²) in [6.45, 7) is 7.25. The van der Waals surface area contributed by atoms with Gasteiger partial charge < -0.3 is 25.5 Å². The zero-order valence-corrected chi connectivity index (χ0v) is 20.2. The molecule has 2 fully saturated rings. The van der Waals surface area contributed by atoms with Crippen LogP contribution in [-0.2, 0) is 21.4 Å². The van der Waals surface area contributed by atoms with Gasteiger partial charge in [-0.2, -0.15) is 0 Å². The van der Waals surface area contributed by atoms with E-state index in [1.54, 1.807) is 0 Å². The van der Waals surface area contributed by atoms with Crippen LogP contribution in [0.5, 0.6) is 5.75 Å². The van der Waals surface area contributed by atoms with E-state index < -0.39 is 24.1 Å². The van der Waals surface area contributed by atoms with Crippen LogP contribution in [0.1, 0.15) is 69.9 Å². The van der Waals surface area contributed by atoms with Crippen LogP contribution < -0.4 is 0 Å². The fourth-order valence-corrected chi connectivity index (χ4v) is 6.21. The third kappa shape index (κ3) is 5.39. The first-order valence-electron chi connectivity index (χ1n) is 12.5. The average molecular weight is 478 g/mol. The van der Waals surface area contributed by atoms with Crippen molar-refractivity contribution in [2.24, 2.45) is 11.8 Å². The molecule has 190 valence electrons. The highest BCUT2D eigenvalue weighted by atomic mass is 16.4. The summed E-state index contributed by atoms with van der Waals surface area (Å²) in [5.41, 5.74) is 3.39. The van der Waals surface area contributed by atoms with Gasteiger partial charge in [0.1, 0.15) is 5.75 Å². The Morgan fingerprint density at radius 1 is 1.12 bits per heavy atom. The van der Waals surface area contributed by atoms with Crippen LogP contribution in [-0.4, -0.2) is 73.7 Å². The number of hydrogen-bond acceptors (Lipinski definition) is 6. The maximum Gasteiger partial charge on any atom is 0.335 e. The molecule has 6 atom stereocenters. The molecule has 4 rings (SSSR count). The molecule has 1 saturated carbocycles. The molecule has 0 spiro atoms. The molecule has 8 nitrogen and oxygen atoms in total. The predicted octanol–water partition coefficient (Wildman–Crippen LogP) is 2.76. The van der Waals surface area contributed by atoms with Gasteiger partial charge in [0, 0.05) is 11.5 Å². The summed E-state index contributed by atoms with van der Waals surface area (Å²) in [5.74, 6) is -1.42. The Kier molecular flexibility index (Phi) is 8.60. The van der Waals surface area contributed by atoms with Gasteiger partial charge in [0.25, 0.3) is 0 Å². The number of carbonyl (C=O) groups is 2. The molecule has 1 heterocycles. The van der Waals surface area contributed by atoms with Crippen molar-refractivity contribution in [3.8, 4) is 5.75 Å². The summed E-state index contributed by atoms with van der Waals surface area (Å²) in [6.07, 6.45) is 6.09. The van der Waals surface area contributed by atoms with Crippen molar-refractivity contribution < 1.29 is 35.1 Å². The molecule has 2 aliphatic carbocycles. The number of aromatic hydroxyl groups is 1. The molecule has 8 heteroatoms. The zero-order valence-electron chi connectivity index (χ0n) is 20.2. The largest absolute Gasteiger partial charge is 0.508 e. The number of piperidine rings is 1. The number of aliphatic hydroxyl groups is 2. The lowest BCUT2D eigenvalue weighted by Gasteiger charge is -2.59. The number of carboxylic acids is 2. The van der Waals surface area contributed by atoms with Gasteiger partial charge in [-0.15, -0.1) is 0 Å². The number of rotatable bonds is 7. The Morgan fingerprint density at radius 2 is 1.79 bits per heavy atom. The quantitative estimate of drug-likeness (QED) is 0.404. The second-order valence-corrected chi connectivity index (χ2v) is 10.3. The van der Waals surface area contributed by atoms with E-state index in [4.69, 9.17) is 20.4 Å². The van der Waals surface area contributed by atoms with Crippen molar-refractivity contribution in [3.63, 3.8) is 0 Å². The molecule has 0 aromatic heterocycles. The number of phenols is 1. The molecule has 5 N–H and O–H groups in total. The van der Waals surface area contributed by atoms with Gasteiger partial charge in [0.15, 0.2) is 12.2 Å². The summed E-state index contributed by atoms with van der Waals surface area (Å²) in [7, 11) is 0. The molecule has 0 radical (unpaired) electrons. The lowest BCUT2D eigenvalue weighted by Crippen LogP contribution is -2.61. The Morgan fingerprint density at radius 3 is 2.41 bits per heavy atom. The Bertz CT molecular complexity index is 857. The van der Waals surface area contributed by atoms with E-state index in [-0.39, 0.29) is 0 Å². The van der Waals surface area contributed by atoms with Gasteiger partial charge in [-0.25, -0.2) is 9.59 Å². The first-order chi connectivity index (χ1) is 16.1. The number of nitrogens with zero attached hydrogens (tertiary/aromatic N) is 1. The van der Waals surface area contributed by atoms with Crippen LogP contribution >= 0.6 is 0 Å². The topological polar surface area (TPSA) is 139 Å². The molecule has 0 amide bonds. The highest BCUT2D eigenvalue weighted by molar-refractivity contribution is 5.83. The molecule has 1 aromatic rings. The first kappa shape index (κ1) is 26.4. The minimum Gasteiger partial charge on any atom is -0.508 e. The van der Waals surface area contributed by atoms with Crippen molar-refractivity contribution in [1.82, 2.24) is 4.90 Å². The number of phenolic OH excluding ortho intramolecular Hbond substituents is 1. The van der Waals surface area contributed by atoms with Gasteiger partial charge in [0.2, 0.25) is 0 Å². The van der Waals surface area contributed by atoms with Crippen molar-refractivity contribution in [2.45, 2.75) is 88.9 Å². The van der Waals surface area contributed by atoms with Crippen LogP contribution in [0.4, 0.5) is 0 Å². The molecular formula is C26H39NO7. The molecule has 3 aliphatic rings. The Labute approximate surface area is 201 Å². The molecule has 1 aromatic carbocycles. The second-order valence-electron chi connectivity index (χ2n) is 10.3. The molecule has 1 saturated heterocycles. The van der Waals surface area contributed by atoms with Crippen LogP contribution in [0, 0.1) is 11.8 Å². The number of hydrogen-bond donors (Lipinski definition) is 5. The maximum atomic E-state index is 10.1. The maximum absolute atomic E-state index is 10.1. The van der Waals surface area contributed by atoms with Crippen LogP contribution in [0.25, 0.3) is 0 Å².